The normalized spacial score (nSPS) is 8.94. The SMILES string of the molecule is C/C=C\C.CC.CCC.CCCN(C)C(C)C. The summed E-state index contributed by atoms with van der Waals surface area (Å²) in [6.45, 7) is 20.1. The highest BCUT2D eigenvalue weighted by Crippen LogP contribution is 1.93. The highest BCUT2D eigenvalue weighted by molar-refractivity contribution is 4.68. The summed E-state index contributed by atoms with van der Waals surface area (Å²) in [5.41, 5.74) is 0. The first-order valence-corrected chi connectivity index (χ1v) is 7.29. The molecule has 0 aliphatic carbocycles. The van der Waals surface area contributed by atoms with E-state index in [0.29, 0.717) is 6.04 Å². The molecule has 0 rings (SSSR count). The summed E-state index contributed by atoms with van der Waals surface area (Å²) >= 11 is 0. The van der Waals surface area contributed by atoms with Crippen LogP contribution in [0.25, 0.3) is 0 Å². The largest absolute Gasteiger partial charge is 0.304 e. The molecule has 0 amide bonds. The predicted molar refractivity (Wildman–Crippen MR) is 85.9 cm³/mol. The second-order valence-corrected chi connectivity index (χ2v) is 3.95. The predicted octanol–water partition coefficient (Wildman–Crippen LogP) is 5.76. The van der Waals surface area contributed by atoms with Crippen molar-refractivity contribution in [3.63, 3.8) is 0 Å². The van der Waals surface area contributed by atoms with E-state index in [1.54, 1.807) is 0 Å². The number of hydrogen-bond acceptors (Lipinski definition) is 1. The van der Waals surface area contributed by atoms with Crippen molar-refractivity contribution in [1.82, 2.24) is 4.90 Å². The van der Waals surface area contributed by atoms with Gasteiger partial charge < -0.3 is 4.90 Å². The van der Waals surface area contributed by atoms with Gasteiger partial charge in [0, 0.05) is 6.04 Å². The zero-order valence-electron chi connectivity index (χ0n) is 14.3. The molecule has 0 spiro atoms. The minimum Gasteiger partial charge on any atom is -0.304 e. The monoisotopic (exact) mass is 245 g/mol. The maximum atomic E-state index is 2.35. The molecular weight excluding hydrogens is 206 g/mol. The Kier molecular flexibility index (Phi) is 44.5. The van der Waals surface area contributed by atoms with Gasteiger partial charge in [0.1, 0.15) is 0 Å². The van der Waals surface area contributed by atoms with E-state index >= 15 is 0 Å². The summed E-state index contributed by atoms with van der Waals surface area (Å²) in [6.07, 6.45) is 6.51. The van der Waals surface area contributed by atoms with Crippen LogP contribution in [0.4, 0.5) is 0 Å². The van der Waals surface area contributed by atoms with Crippen molar-refractivity contribution >= 4 is 0 Å². The Labute approximate surface area is 112 Å². The van der Waals surface area contributed by atoms with Gasteiger partial charge in [0.2, 0.25) is 0 Å². The molecule has 1 heteroatoms. The summed E-state index contributed by atoms with van der Waals surface area (Å²) in [5, 5.41) is 0. The number of hydrogen-bond donors (Lipinski definition) is 0. The molecule has 0 aromatic carbocycles. The standard InChI is InChI=1S/C7H17N.C4H8.C3H8.C2H6/c1-5-6-8(4)7(2)3;1-3-4-2;1-3-2;1-2/h7H,5-6H2,1-4H3;3-4H,1-2H3;3H2,1-2H3;1-2H3/b;4-3-;;. The Morgan fingerprint density at radius 2 is 1.24 bits per heavy atom. The number of allylic oxidation sites excluding steroid dienone is 2. The van der Waals surface area contributed by atoms with E-state index in [4.69, 9.17) is 0 Å². The first kappa shape index (κ1) is 25.5. The van der Waals surface area contributed by atoms with Crippen LogP contribution < -0.4 is 0 Å². The van der Waals surface area contributed by atoms with Gasteiger partial charge in [-0.05, 0) is 47.7 Å². The van der Waals surface area contributed by atoms with Crippen molar-refractivity contribution in [2.24, 2.45) is 0 Å². The Morgan fingerprint density at radius 1 is 0.941 bits per heavy atom. The van der Waals surface area contributed by atoms with Gasteiger partial charge in [-0.3, -0.25) is 0 Å². The van der Waals surface area contributed by atoms with Crippen molar-refractivity contribution in [3.8, 4) is 0 Å². The minimum absolute atomic E-state index is 0.704. The van der Waals surface area contributed by atoms with E-state index in [1.165, 1.54) is 19.4 Å². The van der Waals surface area contributed by atoms with Crippen LogP contribution in [-0.2, 0) is 0 Å². The van der Waals surface area contributed by atoms with Gasteiger partial charge in [-0.25, -0.2) is 0 Å². The van der Waals surface area contributed by atoms with Gasteiger partial charge in [0.05, 0.1) is 0 Å². The maximum Gasteiger partial charge on any atom is 0.00355 e. The van der Waals surface area contributed by atoms with Crippen LogP contribution in [0.15, 0.2) is 12.2 Å². The topological polar surface area (TPSA) is 3.24 Å². The molecule has 0 saturated heterocycles. The van der Waals surface area contributed by atoms with E-state index in [1.807, 2.05) is 39.8 Å². The third-order valence-electron chi connectivity index (χ3n) is 1.79. The molecule has 1 nitrogen and oxygen atoms in total. The van der Waals surface area contributed by atoms with Gasteiger partial charge >= 0.3 is 0 Å². The lowest BCUT2D eigenvalue weighted by atomic mass is 10.3. The lowest BCUT2D eigenvalue weighted by Crippen LogP contribution is -2.26. The van der Waals surface area contributed by atoms with Crippen LogP contribution in [0.5, 0.6) is 0 Å². The first-order valence-electron chi connectivity index (χ1n) is 7.29. The summed E-state index contributed by atoms with van der Waals surface area (Å²) in [7, 11) is 2.16. The molecule has 17 heavy (non-hydrogen) atoms. The van der Waals surface area contributed by atoms with E-state index in [0.717, 1.165) is 0 Å². The minimum atomic E-state index is 0.704. The molecule has 0 aromatic heterocycles. The quantitative estimate of drug-likeness (QED) is 0.571. The van der Waals surface area contributed by atoms with Crippen LogP contribution in [0.3, 0.4) is 0 Å². The van der Waals surface area contributed by atoms with Crippen LogP contribution in [-0.4, -0.2) is 24.5 Å². The average Bonchev–Trinajstić information content (AvgIpc) is 2.33. The fraction of sp³-hybridized carbons (Fsp3) is 0.875. The molecule has 0 aliphatic rings. The number of nitrogens with zero attached hydrogens (tertiary/aromatic N) is 1. The third-order valence-corrected chi connectivity index (χ3v) is 1.79. The zero-order valence-corrected chi connectivity index (χ0v) is 14.3. The second-order valence-electron chi connectivity index (χ2n) is 3.95. The third kappa shape index (κ3) is 49.7. The van der Waals surface area contributed by atoms with Crippen LogP contribution in [0, 0.1) is 0 Å². The van der Waals surface area contributed by atoms with Gasteiger partial charge in [0.25, 0.3) is 0 Å². The van der Waals surface area contributed by atoms with E-state index < -0.39 is 0 Å². The Morgan fingerprint density at radius 3 is 1.29 bits per heavy atom. The smallest absolute Gasteiger partial charge is 0.00355 e. The summed E-state index contributed by atoms with van der Waals surface area (Å²) in [6, 6.07) is 0.704. The fourth-order valence-corrected chi connectivity index (χ4v) is 0.611. The molecular formula is C16H39N. The van der Waals surface area contributed by atoms with Gasteiger partial charge in [-0.1, -0.05) is 53.2 Å². The fourth-order valence-electron chi connectivity index (χ4n) is 0.611. The Balaban J connectivity index is -0.0000000792. The molecule has 0 N–H and O–H groups in total. The lowest BCUT2D eigenvalue weighted by molar-refractivity contribution is 0.275. The van der Waals surface area contributed by atoms with Gasteiger partial charge in [0.15, 0.2) is 0 Å². The summed E-state index contributed by atoms with van der Waals surface area (Å²) < 4.78 is 0. The Bertz CT molecular complexity index is 102. The van der Waals surface area contributed by atoms with E-state index in [9.17, 15) is 0 Å². The van der Waals surface area contributed by atoms with Crippen molar-refractivity contribution < 1.29 is 0 Å². The molecule has 0 fully saturated rings. The molecule has 0 radical (unpaired) electrons. The van der Waals surface area contributed by atoms with Crippen molar-refractivity contribution in [1.29, 1.82) is 0 Å². The van der Waals surface area contributed by atoms with E-state index in [-0.39, 0.29) is 0 Å². The van der Waals surface area contributed by atoms with Crippen LogP contribution >= 0.6 is 0 Å². The molecule has 108 valence electrons. The first-order chi connectivity index (χ1) is 8.01. The molecule has 0 saturated carbocycles. The van der Waals surface area contributed by atoms with Crippen LogP contribution in [0.2, 0.25) is 0 Å². The van der Waals surface area contributed by atoms with Crippen LogP contribution in [0.1, 0.15) is 75.2 Å². The molecule has 0 aliphatic heterocycles. The lowest BCUT2D eigenvalue weighted by Gasteiger charge is -2.19. The van der Waals surface area contributed by atoms with Gasteiger partial charge in [-0.15, -0.1) is 0 Å². The van der Waals surface area contributed by atoms with Gasteiger partial charge in [-0.2, -0.15) is 0 Å². The highest BCUT2D eigenvalue weighted by Gasteiger charge is 1.98. The van der Waals surface area contributed by atoms with Crippen molar-refractivity contribution in [2.45, 2.75) is 81.2 Å². The Hall–Kier alpha value is -0.300. The molecule has 0 bridgehead atoms. The average molecular weight is 245 g/mol. The van der Waals surface area contributed by atoms with Crippen molar-refractivity contribution in [2.75, 3.05) is 13.6 Å². The second kappa shape index (κ2) is 29.6. The molecule has 0 atom stereocenters. The zero-order chi connectivity index (χ0) is 14.7. The molecule has 0 unspecified atom stereocenters. The van der Waals surface area contributed by atoms with E-state index in [2.05, 4.69) is 46.6 Å². The molecule has 0 aromatic rings. The summed E-state index contributed by atoms with van der Waals surface area (Å²) in [5.74, 6) is 0. The molecule has 0 heterocycles. The highest BCUT2D eigenvalue weighted by atomic mass is 15.1. The maximum absolute atomic E-state index is 2.35. The number of rotatable bonds is 3. The van der Waals surface area contributed by atoms with Crippen molar-refractivity contribution in [3.05, 3.63) is 12.2 Å². The summed E-state index contributed by atoms with van der Waals surface area (Å²) in [4.78, 5) is 2.35.